The van der Waals surface area contributed by atoms with Gasteiger partial charge in [0, 0.05) is 12.6 Å². The lowest BCUT2D eigenvalue weighted by molar-refractivity contribution is 0.0205. The summed E-state index contributed by atoms with van der Waals surface area (Å²) < 4.78 is 5.69. The highest BCUT2D eigenvalue weighted by Crippen LogP contribution is 1.97. The molecule has 0 N–H and O–H groups in total. The molecule has 0 saturated carbocycles. The van der Waals surface area contributed by atoms with Gasteiger partial charge in [0.05, 0.1) is 12.7 Å². The molecule has 0 aliphatic heterocycles. The minimum atomic E-state index is 0.317. The van der Waals surface area contributed by atoms with Crippen molar-refractivity contribution in [1.82, 2.24) is 9.80 Å². The van der Waals surface area contributed by atoms with Crippen LogP contribution in [0.5, 0.6) is 0 Å². The molecule has 0 spiro atoms. The van der Waals surface area contributed by atoms with Gasteiger partial charge in [0.15, 0.2) is 0 Å². The minimum absolute atomic E-state index is 0.317. The first-order valence-corrected chi connectivity index (χ1v) is 4.86. The first-order chi connectivity index (χ1) is 5.93. The van der Waals surface area contributed by atoms with E-state index < -0.39 is 0 Å². The van der Waals surface area contributed by atoms with Crippen LogP contribution in [0.3, 0.4) is 0 Å². The van der Waals surface area contributed by atoms with E-state index in [1.807, 2.05) is 0 Å². The summed E-state index contributed by atoms with van der Waals surface area (Å²) in [6.45, 7) is 6.08. The Kier molecular flexibility index (Phi) is 6.29. The Morgan fingerprint density at radius 3 is 2.00 bits per heavy atom. The van der Waals surface area contributed by atoms with Gasteiger partial charge < -0.3 is 14.5 Å². The van der Waals surface area contributed by atoms with Crippen molar-refractivity contribution in [2.45, 2.75) is 26.0 Å². The highest BCUT2D eigenvalue weighted by Gasteiger charge is 2.08. The Labute approximate surface area is 82.7 Å². The molecule has 0 heterocycles. The van der Waals surface area contributed by atoms with Crippen molar-refractivity contribution in [1.29, 1.82) is 0 Å². The lowest BCUT2D eigenvalue weighted by atomic mass is 10.3. The smallest absolute Gasteiger partial charge is 0.0674 e. The van der Waals surface area contributed by atoms with Gasteiger partial charge in [0.2, 0.25) is 0 Å². The minimum Gasteiger partial charge on any atom is -0.376 e. The lowest BCUT2D eigenvalue weighted by Crippen LogP contribution is -2.33. The van der Waals surface area contributed by atoms with Crippen LogP contribution in [0.1, 0.15) is 13.8 Å². The largest absolute Gasteiger partial charge is 0.376 e. The lowest BCUT2D eigenvalue weighted by Gasteiger charge is -2.23. The maximum Gasteiger partial charge on any atom is 0.0674 e. The molecule has 0 amide bonds. The van der Waals surface area contributed by atoms with Gasteiger partial charge >= 0.3 is 0 Å². The number of ether oxygens (including phenoxy) is 1. The summed E-state index contributed by atoms with van der Waals surface area (Å²) in [5.41, 5.74) is 0. The van der Waals surface area contributed by atoms with E-state index in [1.54, 1.807) is 0 Å². The van der Waals surface area contributed by atoms with E-state index in [2.05, 4.69) is 51.8 Å². The van der Waals surface area contributed by atoms with Crippen LogP contribution in [0.25, 0.3) is 0 Å². The molecule has 0 aliphatic rings. The van der Waals surface area contributed by atoms with Gasteiger partial charge in [-0.3, -0.25) is 0 Å². The summed E-state index contributed by atoms with van der Waals surface area (Å²) in [6.07, 6.45) is 0.317. The molecule has 2 unspecified atom stereocenters. The molecule has 0 aromatic carbocycles. The summed E-state index contributed by atoms with van der Waals surface area (Å²) >= 11 is 0. The number of hydrogen-bond donors (Lipinski definition) is 0. The van der Waals surface area contributed by atoms with Gasteiger partial charge in [-0.1, -0.05) is 0 Å². The van der Waals surface area contributed by atoms with E-state index >= 15 is 0 Å². The summed E-state index contributed by atoms with van der Waals surface area (Å²) in [5, 5.41) is 0. The van der Waals surface area contributed by atoms with Crippen molar-refractivity contribution in [3.8, 4) is 0 Å². The predicted octanol–water partition coefficient (Wildman–Crippen LogP) is 0.903. The highest BCUT2D eigenvalue weighted by atomic mass is 16.5. The van der Waals surface area contributed by atoms with Crippen LogP contribution in [-0.2, 0) is 4.74 Å². The fraction of sp³-hybridized carbons (Fsp3) is 1.00. The molecular weight excluding hydrogens is 164 g/mol. The maximum atomic E-state index is 5.69. The normalized spacial score (nSPS) is 16.6. The maximum absolute atomic E-state index is 5.69. The van der Waals surface area contributed by atoms with E-state index in [0.717, 1.165) is 13.2 Å². The Bertz CT molecular complexity index is 126. The molecule has 3 heteroatoms. The zero-order chi connectivity index (χ0) is 10.4. The Morgan fingerprint density at radius 1 is 1.08 bits per heavy atom. The Hall–Kier alpha value is -0.120. The van der Waals surface area contributed by atoms with Gasteiger partial charge in [-0.05, 0) is 42.0 Å². The summed E-state index contributed by atoms with van der Waals surface area (Å²) in [7, 11) is 8.28. The molecule has 0 bridgehead atoms. The van der Waals surface area contributed by atoms with Crippen molar-refractivity contribution in [2.24, 2.45) is 0 Å². The van der Waals surface area contributed by atoms with Gasteiger partial charge in [-0.15, -0.1) is 0 Å². The van der Waals surface area contributed by atoms with E-state index in [1.165, 1.54) is 0 Å². The first-order valence-electron chi connectivity index (χ1n) is 4.86. The summed E-state index contributed by atoms with van der Waals surface area (Å²) in [4.78, 5) is 4.31. The van der Waals surface area contributed by atoms with Crippen LogP contribution >= 0.6 is 0 Å². The average molecular weight is 188 g/mol. The van der Waals surface area contributed by atoms with Crippen molar-refractivity contribution < 1.29 is 4.74 Å². The number of rotatable bonds is 6. The van der Waals surface area contributed by atoms with E-state index in [9.17, 15) is 0 Å². The second-order valence-electron chi connectivity index (χ2n) is 4.22. The molecule has 0 aliphatic carbocycles. The molecule has 0 radical (unpaired) electrons. The third kappa shape index (κ3) is 6.99. The molecule has 2 atom stereocenters. The second-order valence-corrected chi connectivity index (χ2v) is 4.22. The van der Waals surface area contributed by atoms with Crippen LogP contribution in [0, 0.1) is 0 Å². The molecule has 3 nitrogen and oxygen atoms in total. The third-order valence-electron chi connectivity index (χ3n) is 2.13. The molecule has 0 saturated heterocycles. The Morgan fingerprint density at radius 2 is 1.62 bits per heavy atom. The topological polar surface area (TPSA) is 15.7 Å². The average Bonchev–Trinajstić information content (AvgIpc) is 1.98. The predicted molar refractivity (Wildman–Crippen MR) is 57.1 cm³/mol. The standard InChI is InChI=1S/C10H24N2O/c1-9(12(5)6)8-13-10(2)7-11(3)4/h9-10H,7-8H2,1-6H3. The molecule has 0 aromatic heterocycles. The molecule has 80 valence electrons. The van der Waals surface area contributed by atoms with E-state index in [0.29, 0.717) is 12.1 Å². The van der Waals surface area contributed by atoms with Gasteiger partial charge in [0.25, 0.3) is 0 Å². The van der Waals surface area contributed by atoms with E-state index in [-0.39, 0.29) is 0 Å². The SMILES string of the molecule is CC(CN(C)C)OCC(C)N(C)C. The fourth-order valence-corrected chi connectivity index (χ4v) is 1.02. The fourth-order valence-electron chi connectivity index (χ4n) is 1.02. The van der Waals surface area contributed by atoms with Crippen molar-refractivity contribution in [2.75, 3.05) is 41.3 Å². The summed E-state index contributed by atoms with van der Waals surface area (Å²) in [5.74, 6) is 0. The molecular formula is C10H24N2O. The zero-order valence-corrected chi connectivity index (χ0v) is 9.87. The monoisotopic (exact) mass is 188 g/mol. The highest BCUT2D eigenvalue weighted by molar-refractivity contribution is 4.60. The zero-order valence-electron chi connectivity index (χ0n) is 9.87. The van der Waals surface area contributed by atoms with Crippen LogP contribution < -0.4 is 0 Å². The summed E-state index contributed by atoms with van der Waals surface area (Å²) in [6, 6.07) is 0.490. The third-order valence-corrected chi connectivity index (χ3v) is 2.13. The first kappa shape index (κ1) is 12.9. The molecule has 13 heavy (non-hydrogen) atoms. The number of nitrogens with zero attached hydrogens (tertiary/aromatic N) is 2. The second kappa shape index (κ2) is 6.35. The van der Waals surface area contributed by atoms with Crippen LogP contribution in [0.15, 0.2) is 0 Å². The number of hydrogen-bond acceptors (Lipinski definition) is 3. The van der Waals surface area contributed by atoms with Gasteiger partial charge in [0.1, 0.15) is 0 Å². The van der Waals surface area contributed by atoms with Crippen LogP contribution in [0.2, 0.25) is 0 Å². The molecule has 0 aromatic rings. The number of likely N-dealkylation sites (N-methyl/N-ethyl adjacent to an activating group) is 2. The quantitative estimate of drug-likeness (QED) is 0.616. The van der Waals surface area contributed by atoms with E-state index in [4.69, 9.17) is 4.74 Å². The van der Waals surface area contributed by atoms with Crippen molar-refractivity contribution in [3.63, 3.8) is 0 Å². The van der Waals surface area contributed by atoms with Crippen LogP contribution in [-0.4, -0.2) is 63.3 Å². The Balaban J connectivity index is 3.51. The van der Waals surface area contributed by atoms with Gasteiger partial charge in [-0.2, -0.15) is 0 Å². The van der Waals surface area contributed by atoms with Gasteiger partial charge in [-0.25, -0.2) is 0 Å². The molecule has 0 fully saturated rings. The van der Waals surface area contributed by atoms with Crippen molar-refractivity contribution in [3.05, 3.63) is 0 Å². The van der Waals surface area contributed by atoms with Crippen LogP contribution in [0.4, 0.5) is 0 Å². The molecule has 0 rings (SSSR count). The van der Waals surface area contributed by atoms with Crippen molar-refractivity contribution >= 4 is 0 Å².